The lowest BCUT2D eigenvalue weighted by Crippen LogP contribution is -2.24. The topological polar surface area (TPSA) is 51.2 Å². The largest absolute Gasteiger partial charge is 0.289 e. The van der Waals surface area contributed by atoms with E-state index in [-0.39, 0.29) is 22.7 Å². The Balaban J connectivity index is 3.35. The first-order valence-electron chi connectivity index (χ1n) is 5.06. The molecule has 0 radical (unpaired) electrons. The Kier molecular flexibility index (Phi) is 3.38. The number of ketones is 3. The van der Waals surface area contributed by atoms with Crippen molar-refractivity contribution in [2.75, 3.05) is 0 Å². The standard InChI is InChI=1S/C13H14O3/c1-5-6-10(14)11-9(4)12(15)7(2)8(3)13(11)16/h5-6H,1-4H3/b6-5+. The number of carbonyl (C=O) groups excluding carboxylic acids is 3. The molecule has 1 rings (SSSR count). The molecule has 0 unspecified atom stereocenters. The molecule has 1 aliphatic rings. The second kappa shape index (κ2) is 4.39. The first kappa shape index (κ1) is 12.3. The predicted octanol–water partition coefficient (Wildman–Crippen LogP) is 1.94. The highest BCUT2D eigenvalue weighted by Crippen LogP contribution is 2.24. The van der Waals surface area contributed by atoms with Crippen LogP contribution in [0.15, 0.2) is 34.4 Å². The van der Waals surface area contributed by atoms with Gasteiger partial charge < -0.3 is 0 Å². The highest BCUT2D eigenvalue weighted by molar-refractivity contribution is 6.36. The van der Waals surface area contributed by atoms with Crippen molar-refractivity contribution in [1.82, 2.24) is 0 Å². The first-order chi connectivity index (χ1) is 7.41. The second-order valence-electron chi connectivity index (χ2n) is 3.77. The van der Waals surface area contributed by atoms with Crippen molar-refractivity contribution < 1.29 is 14.4 Å². The molecular formula is C13H14O3. The highest BCUT2D eigenvalue weighted by atomic mass is 16.2. The quantitative estimate of drug-likeness (QED) is 0.404. The number of hydrogen-bond donors (Lipinski definition) is 0. The number of rotatable bonds is 2. The van der Waals surface area contributed by atoms with E-state index in [0.29, 0.717) is 11.1 Å². The van der Waals surface area contributed by atoms with Crippen LogP contribution >= 0.6 is 0 Å². The summed E-state index contributed by atoms with van der Waals surface area (Å²) in [6, 6.07) is 0. The highest BCUT2D eigenvalue weighted by Gasteiger charge is 2.30. The summed E-state index contributed by atoms with van der Waals surface area (Å²) >= 11 is 0. The van der Waals surface area contributed by atoms with E-state index in [1.165, 1.54) is 13.0 Å². The molecular weight excluding hydrogens is 204 g/mol. The van der Waals surface area contributed by atoms with E-state index < -0.39 is 5.78 Å². The van der Waals surface area contributed by atoms with Crippen LogP contribution in [0, 0.1) is 0 Å². The van der Waals surface area contributed by atoms with Gasteiger partial charge in [-0.15, -0.1) is 0 Å². The summed E-state index contributed by atoms with van der Waals surface area (Å²) in [5, 5.41) is 0. The van der Waals surface area contributed by atoms with Crippen molar-refractivity contribution in [2.24, 2.45) is 0 Å². The van der Waals surface area contributed by atoms with Gasteiger partial charge in [0.05, 0.1) is 5.57 Å². The molecule has 0 aromatic carbocycles. The third kappa shape index (κ3) is 1.81. The van der Waals surface area contributed by atoms with Crippen LogP contribution in [0.2, 0.25) is 0 Å². The summed E-state index contributed by atoms with van der Waals surface area (Å²) in [5.41, 5.74) is 1.05. The van der Waals surface area contributed by atoms with Crippen LogP contribution in [0.5, 0.6) is 0 Å². The molecule has 1 aliphatic carbocycles. The second-order valence-corrected chi connectivity index (χ2v) is 3.77. The summed E-state index contributed by atoms with van der Waals surface area (Å²) in [5.74, 6) is -0.951. The van der Waals surface area contributed by atoms with Crippen molar-refractivity contribution in [3.63, 3.8) is 0 Å². The van der Waals surface area contributed by atoms with Crippen molar-refractivity contribution in [1.29, 1.82) is 0 Å². The molecule has 0 saturated carbocycles. The smallest absolute Gasteiger partial charge is 0.193 e. The average molecular weight is 218 g/mol. The lowest BCUT2D eigenvalue weighted by Gasteiger charge is -2.16. The van der Waals surface area contributed by atoms with Crippen molar-refractivity contribution in [2.45, 2.75) is 27.7 Å². The van der Waals surface area contributed by atoms with E-state index in [1.807, 2.05) is 0 Å². The Morgan fingerprint density at radius 1 is 0.938 bits per heavy atom. The zero-order valence-corrected chi connectivity index (χ0v) is 9.88. The summed E-state index contributed by atoms with van der Waals surface area (Å²) in [7, 11) is 0. The van der Waals surface area contributed by atoms with Gasteiger partial charge in [-0.3, -0.25) is 14.4 Å². The van der Waals surface area contributed by atoms with Gasteiger partial charge in [0, 0.05) is 16.7 Å². The van der Waals surface area contributed by atoms with Gasteiger partial charge >= 0.3 is 0 Å². The van der Waals surface area contributed by atoms with Crippen LogP contribution in [0.3, 0.4) is 0 Å². The van der Waals surface area contributed by atoms with Crippen LogP contribution < -0.4 is 0 Å². The normalized spacial score (nSPS) is 17.8. The van der Waals surface area contributed by atoms with Gasteiger partial charge in [-0.05, 0) is 33.8 Å². The Morgan fingerprint density at radius 2 is 1.44 bits per heavy atom. The van der Waals surface area contributed by atoms with Gasteiger partial charge in [0.1, 0.15) is 0 Å². The molecule has 0 saturated heterocycles. The molecule has 16 heavy (non-hydrogen) atoms. The van der Waals surface area contributed by atoms with Gasteiger partial charge in [-0.2, -0.15) is 0 Å². The molecule has 0 atom stereocenters. The summed E-state index contributed by atoms with van der Waals surface area (Å²) in [6.45, 7) is 6.39. The van der Waals surface area contributed by atoms with E-state index >= 15 is 0 Å². The Morgan fingerprint density at radius 3 is 1.94 bits per heavy atom. The van der Waals surface area contributed by atoms with Gasteiger partial charge in [0.2, 0.25) is 0 Å². The van der Waals surface area contributed by atoms with E-state index in [9.17, 15) is 14.4 Å². The maximum Gasteiger partial charge on any atom is 0.193 e. The van der Waals surface area contributed by atoms with Crippen molar-refractivity contribution in [3.8, 4) is 0 Å². The van der Waals surface area contributed by atoms with E-state index in [2.05, 4.69) is 0 Å². The zero-order valence-electron chi connectivity index (χ0n) is 9.88. The molecule has 84 valence electrons. The molecule has 0 aromatic heterocycles. The van der Waals surface area contributed by atoms with Crippen LogP contribution in [0.4, 0.5) is 0 Å². The summed E-state index contributed by atoms with van der Waals surface area (Å²) in [6.07, 6.45) is 2.86. The molecule has 0 heterocycles. The predicted molar refractivity (Wildman–Crippen MR) is 60.9 cm³/mol. The first-order valence-corrected chi connectivity index (χ1v) is 5.06. The van der Waals surface area contributed by atoms with E-state index in [1.54, 1.807) is 26.8 Å². The molecule has 0 spiro atoms. The van der Waals surface area contributed by atoms with Gasteiger partial charge in [0.15, 0.2) is 17.3 Å². The monoisotopic (exact) mass is 218 g/mol. The van der Waals surface area contributed by atoms with Crippen LogP contribution in [0.25, 0.3) is 0 Å². The van der Waals surface area contributed by atoms with Crippen molar-refractivity contribution >= 4 is 17.3 Å². The van der Waals surface area contributed by atoms with Crippen molar-refractivity contribution in [3.05, 3.63) is 34.4 Å². The lowest BCUT2D eigenvalue weighted by molar-refractivity contribution is -0.120. The van der Waals surface area contributed by atoms with Crippen LogP contribution in [-0.2, 0) is 14.4 Å². The molecule has 0 N–H and O–H groups in total. The molecule has 0 aliphatic heterocycles. The maximum absolute atomic E-state index is 11.9. The molecule has 0 fully saturated rings. The van der Waals surface area contributed by atoms with E-state index in [0.717, 1.165) is 0 Å². The molecule has 0 aromatic rings. The molecule has 3 heteroatoms. The zero-order chi connectivity index (χ0) is 12.5. The molecule has 3 nitrogen and oxygen atoms in total. The minimum Gasteiger partial charge on any atom is -0.289 e. The van der Waals surface area contributed by atoms with Crippen LogP contribution in [-0.4, -0.2) is 17.3 Å². The third-order valence-electron chi connectivity index (χ3n) is 2.75. The number of carbonyl (C=O) groups is 3. The number of allylic oxidation sites excluding steroid dienone is 6. The average Bonchev–Trinajstić information content (AvgIpc) is 2.24. The van der Waals surface area contributed by atoms with Gasteiger partial charge in [-0.25, -0.2) is 0 Å². The Bertz CT molecular complexity index is 473. The third-order valence-corrected chi connectivity index (χ3v) is 2.75. The fraction of sp³-hybridized carbons (Fsp3) is 0.308. The van der Waals surface area contributed by atoms with Gasteiger partial charge in [-0.1, -0.05) is 6.08 Å². The van der Waals surface area contributed by atoms with Gasteiger partial charge in [0.25, 0.3) is 0 Å². The maximum atomic E-state index is 11.9. The number of hydrogen-bond acceptors (Lipinski definition) is 3. The minimum atomic E-state index is -0.398. The van der Waals surface area contributed by atoms with E-state index in [4.69, 9.17) is 0 Å². The molecule has 0 amide bonds. The summed E-state index contributed by atoms with van der Waals surface area (Å²) < 4.78 is 0. The fourth-order valence-electron chi connectivity index (χ4n) is 1.62. The Hall–Kier alpha value is -1.77. The minimum absolute atomic E-state index is 0.00574. The SMILES string of the molecule is C/C=C/C(=O)C1=C(C)C(=O)C(C)=C(C)C1=O. The fourth-order valence-corrected chi connectivity index (χ4v) is 1.62. The molecule has 0 bridgehead atoms. The lowest BCUT2D eigenvalue weighted by atomic mass is 9.84. The number of Topliss-reactive ketones (excluding diaryl/α,β-unsaturated/α-hetero) is 2. The summed E-state index contributed by atoms with van der Waals surface area (Å²) in [4.78, 5) is 35.3. The van der Waals surface area contributed by atoms with Crippen LogP contribution in [0.1, 0.15) is 27.7 Å². The Labute approximate surface area is 94.5 Å².